The van der Waals surface area contributed by atoms with Gasteiger partial charge in [0.05, 0.1) is 18.5 Å². The Bertz CT molecular complexity index is 276. The molecule has 7 heteroatoms. The molecule has 0 bridgehead atoms. The average Bonchev–Trinajstić information content (AvgIpc) is 2.26. The number of hydrogen-bond donors (Lipinski definition) is 2. The second-order valence-electron chi connectivity index (χ2n) is 2.22. The fraction of sp³-hybridized carbons (Fsp3) is 0.333. The third-order valence-corrected chi connectivity index (χ3v) is 1.30. The van der Waals surface area contributed by atoms with Crippen molar-refractivity contribution in [2.45, 2.75) is 6.18 Å². The van der Waals surface area contributed by atoms with Crippen molar-refractivity contribution in [1.29, 1.82) is 0 Å². The highest BCUT2D eigenvalue weighted by Crippen LogP contribution is 2.18. The summed E-state index contributed by atoms with van der Waals surface area (Å²) in [6, 6.07) is 0. The van der Waals surface area contributed by atoms with E-state index in [0.717, 1.165) is 6.21 Å². The topological polar surface area (TPSA) is 62.8 Å². The van der Waals surface area contributed by atoms with E-state index in [9.17, 15) is 13.2 Å². The summed E-state index contributed by atoms with van der Waals surface area (Å²) in [5, 5.41) is 0. The van der Waals surface area contributed by atoms with Crippen LogP contribution in [0.3, 0.4) is 0 Å². The van der Waals surface area contributed by atoms with Crippen LogP contribution < -0.4 is 11.3 Å². The van der Waals surface area contributed by atoms with E-state index in [-0.39, 0.29) is 6.54 Å². The Morgan fingerprint density at radius 3 is 2.69 bits per heavy atom. The Balaban J connectivity index is 2.81. The van der Waals surface area contributed by atoms with Gasteiger partial charge in [0.2, 0.25) is 5.84 Å². The second-order valence-corrected chi connectivity index (χ2v) is 2.22. The van der Waals surface area contributed by atoms with Gasteiger partial charge < -0.3 is 5.43 Å². The van der Waals surface area contributed by atoms with E-state index in [2.05, 4.69) is 15.4 Å². The van der Waals surface area contributed by atoms with Gasteiger partial charge >= 0.3 is 6.18 Å². The van der Waals surface area contributed by atoms with Crippen LogP contribution in [0.1, 0.15) is 0 Å². The minimum absolute atomic E-state index is 0.0889. The maximum atomic E-state index is 12.0. The van der Waals surface area contributed by atoms with Crippen molar-refractivity contribution < 1.29 is 13.2 Å². The smallest absolute Gasteiger partial charge is 0.323 e. The van der Waals surface area contributed by atoms with Gasteiger partial charge in [-0.3, -0.25) is 10.8 Å². The van der Waals surface area contributed by atoms with E-state index in [0.29, 0.717) is 5.70 Å². The number of aliphatic imine (C=N–C) groups is 2. The van der Waals surface area contributed by atoms with Gasteiger partial charge in [0.25, 0.3) is 0 Å². The molecule has 1 heterocycles. The van der Waals surface area contributed by atoms with E-state index in [1.54, 1.807) is 0 Å². The zero-order valence-corrected chi connectivity index (χ0v) is 6.47. The molecule has 1 rings (SSSR count). The van der Waals surface area contributed by atoms with Gasteiger partial charge in [-0.2, -0.15) is 13.2 Å². The van der Waals surface area contributed by atoms with Crippen LogP contribution in [0.25, 0.3) is 0 Å². The van der Waals surface area contributed by atoms with E-state index < -0.39 is 12.0 Å². The van der Waals surface area contributed by atoms with E-state index in [1.807, 2.05) is 0 Å². The van der Waals surface area contributed by atoms with E-state index >= 15 is 0 Å². The first-order chi connectivity index (χ1) is 6.04. The summed E-state index contributed by atoms with van der Waals surface area (Å²) in [6.45, 7) is -0.0889. The summed E-state index contributed by atoms with van der Waals surface area (Å²) in [7, 11) is 0. The van der Waals surface area contributed by atoms with Crippen molar-refractivity contribution in [1.82, 2.24) is 5.43 Å². The molecule has 0 saturated heterocycles. The largest absolute Gasteiger partial charge is 0.451 e. The predicted octanol–water partition coefficient (Wildman–Crippen LogP) is 0.379. The molecule has 0 spiro atoms. The highest BCUT2D eigenvalue weighted by Gasteiger charge is 2.35. The summed E-state index contributed by atoms with van der Waals surface area (Å²) in [5.74, 6) is 3.84. The number of hydrogen-bond acceptors (Lipinski definition) is 4. The lowest BCUT2D eigenvalue weighted by atomic mass is 10.4. The van der Waals surface area contributed by atoms with Crippen molar-refractivity contribution in [3.8, 4) is 0 Å². The highest BCUT2D eigenvalue weighted by atomic mass is 19.4. The first-order valence-corrected chi connectivity index (χ1v) is 3.36. The number of nitrogens with zero attached hydrogens (tertiary/aromatic N) is 2. The molecule has 0 radical (unpaired) electrons. The van der Waals surface area contributed by atoms with Gasteiger partial charge in [0.15, 0.2) is 0 Å². The first-order valence-electron chi connectivity index (χ1n) is 3.36. The van der Waals surface area contributed by atoms with Crippen molar-refractivity contribution in [2.24, 2.45) is 15.8 Å². The van der Waals surface area contributed by atoms with Crippen molar-refractivity contribution in [3.05, 3.63) is 11.8 Å². The maximum Gasteiger partial charge on any atom is 0.451 e. The minimum atomic E-state index is -4.51. The lowest BCUT2D eigenvalue weighted by Gasteiger charge is -2.03. The molecule has 13 heavy (non-hydrogen) atoms. The Morgan fingerprint density at radius 1 is 1.46 bits per heavy atom. The number of halogens is 3. The molecule has 0 unspecified atom stereocenters. The SMILES string of the molecule is NNC1=CCN=C(C(F)(F)F)N=C1. The number of amidine groups is 1. The zero-order chi connectivity index (χ0) is 9.90. The number of hydrazine groups is 1. The third kappa shape index (κ3) is 2.55. The second kappa shape index (κ2) is 3.56. The zero-order valence-electron chi connectivity index (χ0n) is 6.47. The summed E-state index contributed by atoms with van der Waals surface area (Å²) in [5.41, 5.74) is 2.50. The summed E-state index contributed by atoms with van der Waals surface area (Å²) < 4.78 is 36.1. The molecule has 1 aliphatic rings. The molecular weight excluding hydrogens is 185 g/mol. The summed E-state index contributed by atoms with van der Waals surface area (Å²) in [4.78, 5) is 6.35. The fourth-order valence-electron chi connectivity index (χ4n) is 0.714. The van der Waals surface area contributed by atoms with Crippen LogP contribution >= 0.6 is 0 Å². The van der Waals surface area contributed by atoms with Crippen LogP contribution in [0.5, 0.6) is 0 Å². The minimum Gasteiger partial charge on any atom is -0.323 e. The van der Waals surface area contributed by atoms with Crippen LogP contribution in [0.15, 0.2) is 21.8 Å². The molecule has 0 aromatic carbocycles. The molecule has 3 N–H and O–H groups in total. The average molecular weight is 192 g/mol. The lowest BCUT2D eigenvalue weighted by Crippen LogP contribution is -2.23. The van der Waals surface area contributed by atoms with Gasteiger partial charge in [-0.15, -0.1) is 0 Å². The first kappa shape index (κ1) is 9.72. The van der Waals surface area contributed by atoms with E-state index in [1.165, 1.54) is 6.08 Å². The Kier molecular flexibility index (Phi) is 2.66. The number of nitrogens with two attached hydrogens (primary N) is 1. The third-order valence-electron chi connectivity index (χ3n) is 1.30. The molecule has 1 aliphatic heterocycles. The molecule has 0 aromatic heterocycles. The Morgan fingerprint density at radius 2 is 2.15 bits per heavy atom. The highest BCUT2D eigenvalue weighted by molar-refractivity contribution is 5.98. The molecule has 0 saturated carbocycles. The van der Waals surface area contributed by atoms with Crippen LogP contribution in [0, 0.1) is 0 Å². The molecule has 0 aliphatic carbocycles. The Labute approximate surface area is 72.0 Å². The molecule has 0 fully saturated rings. The van der Waals surface area contributed by atoms with Gasteiger partial charge in [-0.25, -0.2) is 4.99 Å². The van der Waals surface area contributed by atoms with Crippen molar-refractivity contribution in [3.63, 3.8) is 0 Å². The van der Waals surface area contributed by atoms with Gasteiger partial charge in [0, 0.05) is 0 Å². The normalized spacial score (nSPS) is 17.5. The molecule has 0 aromatic rings. The van der Waals surface area contributed by atoms with Crippen LogP contribution in [0.2, 0.25) is 0 Å². The molecule has 4 nitrogen and oxygen atoms in total. The van der Waals surface area contributed by atoms with Crippen LogP contribution in [-0.2, 0) is 0 Å². The number of nitrogens with one attached hydrogen (secondary N) is 1. The molecule has 0 amide bonds. The van der Waals surface area contributed by atoms with E-state index in [4.69, 9.17) is 5.84 Å². The van der Waals surface area contributed by atoms with Crippen molar-refractivity contribution >= 4 is 12.1 Å². The van der Waals surface area contributed by atoms with Crippen LogP contribution in [0.4, 0.5) is 13.2 Å². The maximum absolute atomic E-state index is 12.0. The van der Waals surface area contributed by atoms with Crippen molar-refractivity contribution in [2.75, 3.05) is 6.54 Å². The van der Waals surface area contributed by atoms with Gasteiger partial charge in [-0.05, 0) is 6.08 Å². The predicted molar refractivity (Wildman–Crippen MR) is 42.3 cm³/mol. The number of rotatable bonds is 1. The number of allylic oxidation sites excluding steroid dienone is 1. The fourth-order valence-corrected chi connectivity index (χ4v) is 0.714. The Hall–Kier alpha value is -1.37. The van der Waals surface area contributed by atoms with Gasteiger partial charge in [0.1, 0.15) is 0 Å². The molecule has 72 valence electrons. The molecular formula is C6H7F3N4. The van der Waals surface area contributed by atoms with Crippen LogP contribution in [-0.4, -0.2) is 24.8 Å². The quantitative estimate of drug-likeness (QED) is 0.466. The summed E-state index contributed by atoms with van der Waals surface area (Å²) in [6.07, 6.45) is -2.12. The lowest BCUT2D eigenvalue weighted by molar-refractivity contribution is -0.0597. The standard InChI is InChI=1S/C6H7F3N4/c7-6(8,9)5-11-2-1-4(13-10)3-12-5/h1,3,13H,2,10H2. The van der Waals surface area contributed by atoms with Gasteiger partial charge in [-0.1, -0.05) is 0 Å². The monoisotopic (exact) mass is 192 g/mol. The summed E-state index contributed by atoms with van der Waals surface area (Å²) >= 11 is 0. The number of alkyl halides is 3. The molecule has 0 atom stereocenters.